The molecule has 1 amide bonds. The van der Waals surface area contributed by atoms with E-state index in [-0.39, 0.29) is 17.0 Å². The van der Waals surface area contributed by atoms with Crippen molar-refractivity contribution < 1.29 is 31.1 Å². The minimum Gasteiger partial charge on any atom is -0.389 e. The number of hydrogen-bond donors (Lipinski definition) is 1. The number of carbonyl (C=O) groups excluding carboxylic acids is 1. The minimum atomic E-state index is -4.92. The number of sulfonamides is 1. The normalized spacial score (nSPS) is 12.9. The molecular weight excluding hydrogens is 537 g/mol. The molecule has 0 aliphatic heterocycles. The monoisotopic (exact) mass is 554 g/mol. The van der Waals surface area contributed by atoms with Gasteiger partial charge in [-0.1, -0.05) is 30.3 Å². The lowest BCUT2D eigenvalue weighted by molar-refractivity contribution is -0.144. The number of fused-ring (bicyclic) bond motifs is 1. The Morgan fingerprint density at radius 3 is 2.43 bits per heavy atom. The van der Waals surface area contributed by atoms with Gasteiger partial charge in [0.15, 0.2) is 0 Å². The van der Waals surface area contributed by atoms with Crippen molar-refractivity contribution in [1.82, 2.24) is 18.2 Å². The van der Waals surface area contributed by atoms with Crippen LogP contribution in [0.3, 0.4) is 0 Å². The number of rotatable bonds is 5. The topological polar surface area (TPSA) is 129 Å². The van der Waals surface area contributed by atoms with Gasteiger partial charge < -0.3 is 4.74 Å². The van der Waals surface area contributed by atoms with Crippen LogP contribution in [0.25, 0.3) is 15.8 Å². The molecule has 2 heterocycles. The second-order valence-corrected chi connectivity index (χ2v) is 10.6. The molecule has 2 aromatic carbocycles. The maximum Gasteiger partial charge on any atom is 0.431 e. The van der Waals surface area contributed by atoms with Gasteiger partial charge in [0.05, 0.1) is 15.8 Å². The van der Waals surface area contributed by atoms with Gasteiger partial charge in [0.1, 0.15) is 10.9 Å². The molecule has 1 atom stereocenters. The maximum absolute atomic E-state index is 13.1. The number of nitrogens with one attached hydrogen (secondary N) is 1. The number of amides is 1. The molecule has 1 unspecified atom stereocenters. The van der Waals surface area contributed by atoms with Gasteiger partial charge >= 0.3 is 18.0 Å². The van der Waals surface area contributed by atoms with Gasteiger partial charge in [-0.2, -0.15) is 17.5 Å². The largest absolute Gasteiger partial charge is 0.431 e. The zero-order chi connectivity index (χ0) is 27.1. The van der Waals surface area contributed by atoms with E-state index in [9.17, 15) is 36.0 Å². The maximum atomic E-state index is 13.1. The highest BCUT2D eigenvalue weighted by Crippen LogP contribution is 2.31. The Morgan fingerprint density at radius 2 is 1.78 bits per heavy atom. The molecule has 37 heavy (non-hydrogen) atoms. The fourth-order valence-corrected chi connectivity index (χ4v) is 5.13. The van der Waals surface area contributed by atoms with Gasteiger partial charge in [-0.3, -0.25) is 9.36 Å². The Bertz CT molecular complexity index is 1730. The first kappa shape index (κ1) is 26.1. The standard InChI is InChI=1S/C22H17F3N4O6S2/c1-12(13-6-4-3-5-7-13)37(33,34)27-20(31)35-19-15-10-14(8-9-16(15)36-26-19)29-18(30)11-17(22(23,24)25)28(2)21(29)32/h3-12H,1-2H3,(H,27,31). The Balaban J connectivity index is 1.65. The van der Waals surface area contributed by atoms with Crippen molar-refractivity contribution >= 4 is 37.7 Å². The van der Waals surface area contributed by atoms with Crippen molar-refractivity contribution in [2.24, 2.45) is 7.05 Å². The number of nitrogens with zero attached hydrogens (tertiary/aromatic N) is 3. The lowest BCUT2D eigenvalue weighted by Crippen LogP contribution is -2.40. The van der Waals surface area contributed by atoms with E-state index in [1.807, 2.05) is 4.72 Å². The van der Waals surface area contributed by atoms with Crippen molar-refractivity contribution in [2.45, 2.75) is 18.3 Å². The SMILES string of the molecule is CC(c1ccccc1)S(=O)(=O)NC(=O)Oc1nsc2ccc(-n3c(=O)cc(C(F)(F)F)n(C)c3=O)cc12. The van der Waals surface area contributed by atoms with Crippen LogP contribution in [0.1, 0.15) is 23.4 Å². The molecule has 0 bridgehead atoms. The molecule has 0 saturated carbocycles. The van der Waals surface area contributed by atoms with Crippen molar-refractivity contribution in [3.63, 3.8) is 0 Å². The number of hydrogen-bond acceptors (Lipinski definition) is 8. The first-order chi connectivity index (χ1) is 17.3. The number of carbonyl (C=O) groups is 1. The first-order valence-corrected chi connectivity index (χ1v) is 12.7. The Kier molecular flexibility index (Phi) is 6.68. The lowest BCUT2D eigenvalue weighted by atomic mass is 10.2. The van der Waals surface area contributed by atoms with E-state index in [0.717, 1.165) is 18.6 Å². The van der Waals surface area contributed by atoms with Crippen LogP contribution in [0.2, 0.25) is 0 Å². The van der Waals surface area contributed by atoms with Crippen LogP contribution in [0, 0.1) is 0 Å². The predicted molar refractivity (Wildman–Crippen MR) is 128 cm³/mol. The zero-order valence-electron chi connectivity index (χ0n) is 19.0. The summed E-state index contributed by atoms with van der Waals surface area (Å²) in [6.07, 6.45) is -6.26. The Labute approximate surface area is 210 Å². The van der Waals surface area contributed by atoms with Gasteiger partial charge in [-0.25, -0.2) is 27.3 Å². The van der Waals surface area contributed by atoms with E-state index in [2.05, 4.69) is 4.37 Å². The van der Waals surface area contributed by atoms with Crippen LogP contribution < -0.4 is 20.7 Å². The van der Waals surface area contributed by atoms with Gasteiger partial charge in [0, 0.05) is 13.1 Å². The molecule has 4 aromatic rings. The van der Waals surface area contributed by atoms with Gasteiger partial charge in [0.2, 0.25) is 15.9 Å². The molecule has 1 N–H and O–H groups in total. The third kappa shape index (κ3) is 5.13. The highest BCUT2D eigenvalue weighted by atomic mass is 32.2. The smallest absolute Gasteiger partial charge is 0.389 e. The summed E-state index contributed by atoms with van der Waals surface area (Å²) in [6.45, 7) is 1.39. The molecule has 0 spiro atoms. The van der Waals surface area contributed by atoms with Crippen LogP contribution in [0.5, 0.6) is 5.88 Å². The minimum absolute atomic E-state index is 0.109. The quantitative estimate of drug-likeness (QED) is 0.401. The number of halogens is 3. The number of alkyl halides is 3. The summed E-state index contributed by atoms with van der Waals surface area (Å²) in [7, 11) is -3.31. The number of aromatic nitrogens is 3. The van der Waals surface area contributed by atoms with Crippen LogP contribution in [-0.2, 0) is 23.2 Å². The summed E-state index contributed by atoms with van der Waals surface area (Å²) in [5, 5.41) is -0.956. The number of ether oxygens (including phenoxy) is 1. The fourth-order valence-electron chi connectivity index (χ4n) is 3.47. The molecular formula is C22H17F3N4O6S2. The molecule has 4 rings (SSSR count). The molecule has 194 valence electrons. The summed E-state index contributed by atoms with van der Waals surface area (Å²) in [4.78, 5) is 37.4. The van der Waals surface area contributed by atoms with Crippen molar-refractivity contribution in [1.29, 1.82) is 0 Å². The van der Waals surface area contributed by atoms with Gasteiger partial charge in [-0.15, -0.1) is 0 Å². The summed E-state index contributed by atoms with van der Waals surface area (Å²) < 4.78 is 76.7. The van der Waals surface area contributed by atoms with E-state index in [1.54, 1.807) is 30.3 Å². The third-order valence-corrected chi connectivity index (χ3v) is 7.90. The highest BCUT2D eigenvalue weighted by molar-refractivity contribution is 7.90. The average molecular weight is 555 g/mol. The van der Waals surface area contributed by atoms with E-state index in [4.69, 9.17) is 4.74 Å². The Morgan fingerprint density at radius 1 is 1.11 bits per heavy atom. The molecule has 0 aliphatic carbocycles. The molecule has 0 radical (unpaired) electrons. The van der Waals surface area contributed by atoms with Crippen LogP contribution in [0.15, 0.2) is 64.2 Å². The summed E-state index contributed by atoms with van der Waals surface area (Å²) in [5.41, 5.74) is -3.55. The molecule has 2 aromatic heterocycles. The fraction of sp³-hybridized carbons (Fsp3) is 0.182. The second kappa shape index (κ2) is 9.48. The van der Waals surface area contributed by atoms with Crippen LogP contribution in [0.4, 0.5) is 18.0 Å². The summed E-state index contributed by atoms with van der Waals surface area (Å²) in [5.74, 6) is -0.321. The van der Waals surface area contributed by atoms with E-state index in [0.29, 0.717) is 25.5 Å². The third-order valence-electron chi connectivity index (χ3n) is 5.44. The predicted octanol–water partition coefficient (Wildman–Crippen LogP) is 3.34. The van der Waals surface area contributed by atoms with Gasteiger partial charge in [0.25, 0.3) is 5.56 Å². The number of benzene rings is 2. The van der Waals surface area contributed by atoms with E-state index in [1.165, 1.54) is 25.1 Å². The lowest BCUT2D eigenvalue weighted by Gasteiger charge is -2.14. The molecule has 0 saturated heterocycles. The highest BCUT2D eigenvalue weighted by Gasteiger charge is 2.35. The van der Waals surface area contributed by atoms with Crippen LogP contribution >= 0.6 is 11.5 Å². The molecule has 15 heteroatoms. The van der Waals surface area contributed by atoms with Crippen molar-refractivity contribution in [2.75, 3.05) is 0 Å². The zero-order valence-corrected chi connectivity index (χ0v) is 20.6. The van der Waals surface area contributed by atoms with Gasteiger partial charge in [-0.05, 0) is 42.2 Å². The Hall–Kier alpha value is -3.98. The van der Waals surface area contributed by atoms with Crippen LogP contribution in [-0.4, -0.2) is 28.0 Å². The molecule has 10 nitrogen and oxygen atoms in total. The summed E-state index contributed by atoms with van der Waals surface area (Å²) in [6, 6.07) is 12.4. The van der Waals surface area contributed by atoms with E-state index >= 15 is 0 Å². The molecule has 0 fully saturated rings. The summed E-state index contributed by atoms with van der Waals surface area (Å²) >= 11 is 0.874. The first-order valence-electron chi connectivity index (χ1n) is 10.4. The van der Waals surface area contributed by atoms with Crippen molar-refractivity contribution in [3.8, 4) is 11.6 Å². The second-order valence-electron chi connectivity index (χ2n) is 7.80. The van der Waals surface area contributed by atoms with E-state index < -0.39 is 44.5 Å². The van der Waals surface area contributed by atoms with Crippen molar-refractivity contribution in [3.05, 3.63) is 86.7 Å². The molecule has 0 aliphatic rings. The average Bonchev–Trinajstić information content (AvgIpc) is 3.22.